The molecule has 0 aromatic heterocycles. The van der Waals surface area contributed by atoms with Crippen LogP contribution in [-0.4, -0.2) is 150 Å². The predicted octanol–water partition coefficient (Wildman–Crippen LogP) is 2.98. The maximum absolute atomic E-state index is 12.4. The Kier molecular flexibility index (Phi) is 30.2. The number of carbonyl (C=O) groups is 5. The van der Waals surface area contributed by atoms with E-state index in [4.69, 9.17) is 52.1 Å². The SMILES string of the molecule is C=CC(=O)OC(C)COCC(COCC(C)OC(=O)CCCCC(=O)OC(C)COCC(COCC(C)OC(=O)C=C)OCC(C)OC(=O)C=C)OCC(C)O. The lowest BCUT2D eigenvalue weighted by Gasteiger charge is -2.22. The molecule has 0 fully saturated rings. The number of esters is 5. The number of aliphatic hydroxyl groups is 1. The standard InChI is InChI=1S/C39H64O17/c1-10-35(41)52-28(5)18-46-23-33(50-17-27(4)40)24-48-20-30(7)55-38(44)15-13-14-16-39(45)56-31(8)21-49-26-34(51-22-32(9)54-37(43)12-3)25-47-19-29(6)53-36(42)11-2/h10-12,27-34,40H,1-3,13-26H2,4-9H3. The van der Waals surface area contributed by atoms with Crippen LogP contribution >= 0.6 is 0 Å². The van der Waals surface area contributed by atoms with Crippen LogP contribution in [0.1, 0.15) is 67.2 Å². The molecule has 0 aliphatic carbocycles. The number of unbranched alkanes of at least 4 members (excludes halogenated alkanes) is 1. The molecule has 0 aromatic rings. The van der Waals surface area contributed by atoms with Gasteiger partial charge in [0.15, 0.2) is 0 Å². The quantitative estimate of drug-likeness (QED) is 0.0423. The van der Waals surface area contributed by atoms with E-state index in [-0.39, 0.29) is 78.9 Å². The summed E-state index contributed by atoms with van der Waals surface area (Å²) < 4.78 is 60.1. The molecule has 0 saturated heterocycles. The van der Waals surface area contributed by atoms with Gasteiger partial charge in [-0.3, -0.25) is 9.59 Å². The fourth-order valence-electron chi connectivity index (χ4n) is 4.31. The lowest BCUT2D eigenvalue weighted by Crippen LogP contribution is -2.33. The fourth-order valence-corrected chi connectivity index (χ4v) is 4.31. The van der Waals surface area contributed by atoms with Crippen LogP contribution in [0, 0.1) is 0 Å². The summed E-state index contributed by atoms with van der Waals surface area (Å²) in [5.74, 6) is -2.60. The van der Waals surface area contributed by atoms with Gasteiger partial charge in [-0.05, 0) is 54.4 Å². The Morgan fingerprint density at radius 3 is 1.04 bits per heavy atom. The van der Waals surface area contributed by atoms with Crippen molar-refractivity contribution in [3.63, 3.8) is 0 Å². The number of ether oxygens (including phenoxy) is 11. The minimum Gasteiger partial charge on any atom is -0.460 e. The molecule has 17 heteroatoms. The van der Waals surface area contributed by atoms with Gasteiger partial charge in [0.2, 0.25) is 0 Å². The fraction of sp³-hybridized carbons (Fsp3) is 0.718. The molecule has 322 valence electrons. The van der Waals surface area contributed by atoms with Crippen LogP contribution < -0.4 is 0 Å². The molecular formula is C39H64O17. The monoisotopic (exact) mass is 804 g/mol. The number of aliphatic hydroxyl groups excluding tert-OH is 1. The van der Waals surface area contributed by atoms with Gasteiger partial charge in [0.25, 0.3) is 0 Å². The Labute approximate surface area is 330 Å². The summed E-state index contributed by atoms with van der Waals surface area (Å²) in [7, 11) is 0. The molecule has 0 rings (SSSR count). The van der Waals surface area contributed by atoms with E-state index in [2.05, 4.69) is 19.7 Å². The largest absolute Gasteiger partial charge is 0.460 e. The summed E-state index contributed by atoms with van der Waals surface area (Å²) in [6.45, 7) is 20.9. The molecule has 0 aliphatic rings. The minimum atomic E-state index is -0.696. The Bertz CT molecular complexity index is 1160. The van der Waals surface area contributed by atoms with Crippen LogP contribution in [0.2, 0.25) is 0 Å². The highest BCUT2D eigenvalue weighted by Crippen LogP contribution is 2.08. The van der Waals surface area contributed by atoms with E-state index in [0.717, 1.165) is 18.2 Å². The predicted molar refractivity (Wildman–Crippen MR) is 201 cm³/mol. The van der Waals surface area contributed by atoms with Gasteiger partial charge in [0.05, 0.1) is 72.2 Å². The van der Waals surface area contributed by atoms with Gasteiger partial charge in [0, 0.05) is 31.1 Å². The van der Waals surface area contributed by atoms with Crippen LogP contribution in [0.4, 0.5) is 0 Å². The third-order valence-corrected chi connectivity index (χ3v) is 6.89. The smallest absolute Gasteiger partial charge is 0.330 e. The van der Waals surface area contributed by atoms with E-state index in [1.54, 1.807) is 41.5 Å². The van der Waals surface area contributed by atoms with Gasteiger partial charge in [-0.15, -0.1) is 0 Å². The van der Waals surface area contributed by atoms with Crippen LogP contribution in [0.25, 0.3) is 0 Å². The Morgan fingerprint density at radius 2 is 0.732 bits per heavy atom. The van der Waals surface area contributed by atoms with Gasteiger partial charge in [-0.25, -0.2) is 14.4 Å². The molecule has 0 bridgehead atoms. The first-order chi connectivity index (χ1) is 26.6. The van der Waals surface area contributed by atoms with E-state index < -0.39 is 78.7 Å². The second-order valence-corrected chi connectivity index (χ2v) is 13.1. The molecule has 0 radical (unpaired) electrons. The van der Waals surface area contributed by atoms with E-state index in [9.17, 15) is 29.1 Å². The van der Waals surface area contributed by atoms with E-state index in [1.807, 2.05) is 0 Å². The Morgan fingerprint density at radius 1 is 0.446 bits per heavy atom. The molecule has 8 unspecified atom stereocenters. The zero-order chi connectivity index (χ0) is 42.3. The maximum atomic E-state index is 12.4. The van der Waals surface area contributed by atoms with Crippen molar-refractivity contribution in [3.8, 4) is 0 Å². The normalized spacial score (nSPS) is 15.4. The molecular weight excluding hydrogens is 740 g/mol. The van der Waals surface area contributed by atoms with E-state index in [1.165, 1.54) is 0 Å². The summed E-state index contributed by atoms with van der Waals surface area (Å²) in [5.41, 5.74) is 0. The minimum absolute atomic E-state index is 0.0553. The highest BCUT2D eigenvalue weighted by Gasteiger charge is 2.19. The maximum Gasteiger partial charge on any atom is 0.330 e. The van der Waals surface area contributed by atoms with E-state index in [0.29, 0.717) is 12.8 Å². The summed E-state index contributed by atoms with van der Waals surface area (Å²) in [6.07, 6.45) is -0.330. The molecule has 0 aromatic carbocycles. The first-order valence-electron chi connectivity index (χ1n) is 18.7. The summed E-state index contributed by atoms with van der Waals surface area (Å²) in [4.78, 5) is 58.9. The molecule has 0 spiro atoms. The average Bonchev–Trinajstić information content (AvgIpc) is 3.13. The number of rotatable bonds is 35. The van der Waals surface area contributed by atoms with Gasteiger partial charge in [0.1, 0.15) is 42.7 Å². The highest BCUT2D eigenvalue weighted by molar-refractivity contribution is 5.82. The van der Waals surface area contributed by atoms with E-state index >= 15 is 0 Å². The second kappa shape index (κ2) is 32.4. The topological polar surface area (TPSA) is 207 Å². The molecule has 8 atom stereocenters. The van der Waals surface area contributed by atoms with Crippen LogP contribution in [0.15, 0.2) is 38.0 Å². The van der Waals surface area contributed by atoms with Crippen molar-refractivity contribution in [2.45, 2.75) is 116 Å². The molecule has 56 heavy (non-hydrogen) atoms. The van der Waals surface area contributed by atoms with Gasteiger partial charge in [-0.1, -0.05) is 19.7 Å². The molecule has 0 aliphatic heterocycles. The lowest BCUT2D eigenvalue weighted by molar-refractivity contribution is -0.156. The number of carbonyl (C=O) groups excluding carboxylic acids is 5. The molecule has 17 nitrogen and oxygen atoms in total. The van der Waals surface area contributed by atoms with Gasteiger partial charge in [-0.2, -0.15) is 0 Å². The van der Waals surface area contributed by atoms with Crippen LogP contribution in [-0.2, 0) is 76.1 Å². The van der Waals surface area contributed by atoms with Crippen molar-refractivity contribution in [3.05, 3.63) is 38.0 Å². The van der Waals surface area contributed by atoms with Gasteiger partial charge >= 0.3 is 29.8 Å². The van der Waals surface area contributed by atoms with Crippen molar-refractivity contribution in [2.75, 3.05) is 66.1 Å². The summed E-state index contributed by atoms with van der Waals surface area (Å²) in [5, 5.41) is 9.57. The summed E-state index contributed by atoms with van der Waals surface area (Å²) in [6, 6.07) is 0. The Balaban J connectivity index is 4.49. The third-order valence-electron chi connectivity index (χ3n) is 6.89. The molecule has 0 heterocycles. The molecule has 0 amide bonds. The van der Waals surface area contributed by atoms with Crippen molar-refractivity contribution in [2.24, 2.45) is 0 Å². The van der Waals surface area contributed by atoms with Crippen molar-refractivity contribution in [1.29, 1.82) is 0 Å². The number of hydrogen-bond acceptors (Lipinski definition) is 17. The lowest BCUT2D eigenvalue weighted by atomic mass is 10.2. The zero-order valence-corrected chi connectivity index (χ0v) is 33.9. The van der Waals surface area contributed by atoms with Crippen LogP contribution in [0.5, 0.6) is 0 Å². The Hall–Kier alpha value is -3.71. The van der Waals surface area contributed by atoms with Crippen molar-refractivity contribution in [1.82, 2.24) is 0 Å². The van der Waals surface area contributed by atoms with Crippen LogP contribution in [0.3, 0.4) is 0 Å². The zero-order valence-electron chi connectivity index (χ0n) is 33.9. The van der Waals surface area contributed by atoms with Crippen molar-refractivity contribution < 1.29 is 81.2 Å². The third kappa shape index (κ3) is 30.5. The summed E-state index contributed by atoms with van der Waals surface area (Å²) >= 11 is 0. The first-order valence-corrected chi connectivity index (χ1v) is 18.7. The second-order valence-electron chi connectivity index (χ2n) is 13.1. The first kappa shape index (κ1) is 52.3. The molecule has 1 N–H and O–H groups in total. The van der Waals surface area contributed by atoms with Crippen molar-refractivity contribution >= 4 is 29.8 Å². The van der Waals surface area contributed by atoms with Gasteiger partial charge < -0.3 is 57.2 Å². The average molecular weight is 805 g/mol. The highest BCUT2D eigenvalue weighted by atomic mass is 16.6. The number of hydrogen-bond donors (Lipinski definition) is 1. The molecule has 0 saturated carbocycles.